The molecule has 0 aromatic heterocycles. The van der Waals surface area contributed by atoms with Crippen LogP contribution < -0.4 is 0 Å². The van der Waals surface area contributed by atoms with Crippen molar-refractivity contribution in [3.8, 4) is 0 Å². The van der Waals surface area contributed by atoms with Crippen molar-refractivity contribution in [2.45, 2.75) is 32.6 Å². The van der Waals surface area contributed by atoms with Crippen molar-refractivity contribution in [1.29, 1.82) is 0 Å². The van der Waals surface area contributed by atoms with Gasteiger partial charge in [-0.05, 0) is 34.6 Å². The standard InChI is InChI=1S/C17H19Cl/c1-17(2,3)15-9-10-16(18)14(12-15)11-13-7-5-4-6-8-13/h4-10,12H,11H2,1-3H3. The van der Waals surface area contributed by atoms with E-state index in [0.29, 0.717) is 0 Å². The maximum Gasteiger partial charge on any atom is 0.0441 e. The van der Waals surface area contributed by atoms with Gasteiger partial charge in [0, 0.05) is 5.02 Å². The first kappa shape index (κ1) is 13.2. The third-order valence-corrected chi connectivity index (χ3v) is 3.52. The molecule has 0 N–H and O–H groups in total. The summed E-state index contributed by atoms with van der Waals surface area (Å²) in [5, 5.41) is 0.854. The minimum atomic E-state index is 0.163. The maximum absolute atomic E-state index is 6.30. The van der Waals surface area contributed by atoms with Crippen molar-refractivity contribution >= 4 is 11.6 Å². The second kappa shape index (κ2) is 5.16. The Kier molecular flexibility index (Phi) is 3.77. The van der Waals surface area contributed by atoms with E-state index in [1.807, 2.05) is 12.1 Å². The van der Waals surface area contributed by atoms with E-state index in [2.05, 4.69) is 57.2 Å². The zero-order chi connectivity index (χ0) is 13.2. The van der Waals surface area contributed by atoms with Crippen LogP contribution in [-0.2, 0) is 11.8 Å². The van der Waals surface area contributed by atoms with Crippen LogP contribution in [0.3, 0.4) is 0 Å². The summed E-state index contributed by atoms with van der Waals surface area (Å²) in [6.07, 6.45) is 0.892. The quantitative estimate of drug-likeness (QED) is 0.692. The molecule has 0 saturated heterocycles. The van der Waals surface area contributed by atoms with Crippen LogP contribution in [0.25, 0.3) is 0 Å². The molecule has 0 unspecified atom stereocenters. The molecule has 0 nitrogen and oxygen atoms in total. The molecule has 18 heavy (non-hydrogen) atoms. The molecule has 1 heteroatoms. The molecule has 0 spiro atoms. The molecule has 94 valence electrons. The van der Waals surface area contributed by atoms with Crippen LogP contribution in [0, 0.1) is 0 Å². The third-order valence-electron chi connectivity index (χ3n) is 3.15. The highest BCUT2D eigenvalue weighted by atomic mass is 35.5. The summed E-state index contributed by atoms with van der Waals surface area (Å²) in [4.78, 5) is 0. The first-order valence-electron chi connectivity index (χ1n) is 6.29. The molecule has 0 bridgehead atoms. The van der Waals surface area contributed by atoms with E-state index in [-0.39, 0.29) is 5.41 Å². The first-order valence-corrected chi connectivity index (χ1v) is 6.67. The van der Waals surface area contributed by atoms with Gasteiger partial charge in [-0.15, -0.1) is 0 Å². The molecule has 0 aliphatic rings. The van der Waals surface area contributed by atoms with Gasteiger partial charge in [-0.25, -0.2) is 0 Å². The molecule has 2 aromatic carbocycles. The summed E-state index contributed by atoms with van der Waals surface area (Å²) >= 11 is 6.30. The Bertz CT molecular complexity index is 521. The Labute approximate surface area is 115 Å². The van der Waals surface area contributed by atoms with Gasteiger partial charge in [0.15, 0.2) is 0 Å². The van der Waals surface area contributed by atoms with Crippen LogP contribution in [0.2, 0.25) is 5.02 Å². The molecule has 0 heterocycles. The predicted molar refractivity (Wildman–Crippen MR) is 79.4 cm³/mol. The van der Waals surface area contributed by atoms with Crippen LogP contribution in [0.15, 0.2) is 48.5 Å². The van der Waals surface area contributed by atoms with Crippen molar-refractivity contribution in [1.82, 2.24) is 0 Å². The van der Waals surface area contributed by atoms with E-state index in [9.17, 15) is 0 Å². The Hall–Kier alpha value is -1.27. The zero-order valence-electron chi connectivity index (χ0n) is 11.2. The Balaban J connectivity index is 2.33. The average molecular weight is 259 g/mol. The van der Waals surface area contributed by atoms with Crippen LogP contribution in [-0.4, -0.2) is 0 Å². The van der Waals surface area contributed by atoms with Crippen LogP contribution in [0.1, 0.15) is 37.5 Å². The fraction of sp³-hybridized carbons (Fsp3) is 0.294. The van der Waals surface area contributed by atoms with Crippen LogP contribution in [0.4, 0.5) is 0 Å². The first-order chi connectivity index (χ1) is 8.47. The highest BCUT2D eigenvalue weighted by Crippen LogP contribution is 2.28. The lowest BCUT2D eigenvalue weighted by Crippen LogP contribution is -2.11. The van der Waals surface area contributed by atoms with Gasteiger partial charge in [0.05, 0.1) is 0 Å². The summed E-state index contributed by atoms with van der Waals surface area (Å²) in [5.41, 5.74) is 3.99. The van der Waals surface area contributed by atoms with Crippen LogP contribution in [0.5, 0.6) is 0 Å². The van der Waals surface area contributed by atoms with Crippen molar-refractivity contribution in [2.75, 3.05) is 0 Å². The van der Waals surface area contributed by atoms with Gasteiger partial charge in [0.25, 0.3) is 0 Å². The van der Waals surface area contributed by atoms with E-state index in [1.54, 1.807) is 0 Å². The lowest BCUT2D eigenvalue weighted by Gasteiger charge is -2.20. The number of hydrogen-bond acceptors (Lipinski definition) is 0. The summed E-state index contributed by atoms with van der Waals surface area (Å²) in [6.45, 7) is 6.67. The topological polar surface area (TPSA) is 0 Å². The second-order valence-electron chi connectivity index (χ2n) is 5.72. The van der Waals surface area contributed by atoms with E-state index in [1.165, 1.54) is 16.7 Å². The smallest absolute Gasteiger partial charge is 0.0441 e. The van der Waals surface area contributed by atoms with Gasteiger partial charge in [-0.3, -0.25) is 0 Å². The van der Waals surface area contributed by atoms with Gasteiger partial charge in [-0.2, -0.15) is 0 Å². The molecule has 0 atom stereocenters. The molecule has 0 aliphatic carbocycles. The summed E-state index contributed by atoms with van der Waals surface area (Å²) in [5.74, 6) is 0. The zero-order valence-corrected chi connectivity index (χ0v) is 12.0. The molecule has 0 radical (unpaired) electrons. The third kappa shape index (κ3) is 3.14. The predicted octanol–water partition coefficient (Wildman–Crippen LogP) is 5.23. The lowest BCUT2D eigenvalue weighted by molar-refractivity contribution is 0.589. The van der Waals surface area contributed by atoms with Gasteiger partial charge < -0.3 is 0 Å². The Morgan fingerprint density at radius 3 is 2.22 bits per heavy atom. The largest absolute Gasteiger partial charge is 0.0840 e. The molecule has 0 saturated carbocycles. The monoisotopic (exact) mass is 258 g/mol. The molecule has 2 rings (SSSR count). The van der Waals surface area contributed by atoms with E-state index in [0.717, 1.165) is 11.4 Å². The summed E-state index contributed by atoms with van der Waals surface area (Å²) in [6, 6.07) is 16.8. The maximum atomic E-state index is 6.30. The molecule has 2 aromatic rings. The molecule has 0 aliphatic heterocycles. The number of hydrogen-bond donors (Lipinski definition) is 0. The van der Waals surface area contributed by atoms with Crippen molar-refractivity contribution in [3.63, 3.8) is 0 Å². The van der Waals surface area contributed by atoms with Crippen molar-refractivity contribution in [3.05, 3.63) is 70.2 Å². The van der Waals surface area contributed by atoms with E-state index < -0.39 is 0 Å². The molecular weight excluding hydrogens is 240 g/mol. The number of rotatable bonds is 2. The fourth-order valence-corrected chi connectivity index (χ4v) is 2.18. The van der Waals surface area contributed by atoms with Gasteiger partial charge >= 0.3 is 0 Å². The van der Waals surface area contributed by atoms with E-state index in [4.69, 9.17) is 11.6 Å². The van der Waals surface area contributed by atoms with Crippen molar-refractivity contribution in [2.24, 2.45) is 0 Å². The summed E-state index contributed by atoms with van der Waals surface area (Å²) in [7, 11) is 0. The minimum absolute atomic E-state index is 0.163. The van der Waals surface area contributed by atoms with Crippen molar-refractivity contribution < 1.29 is 0 Å². The molecule has 0 fully saturated rings. The normalized spacial score (nSPS) is 11.6. The fourth-order valence-electron chi connectivity index (χ4n) is 1.99. The van der Waals surface area contributed by atoms with E-state index >= 15 is 0 Å². The lowest BCUT2D eigenvalue weighted by atomic mass is 9.85. The SMILES string of the molecule is CC(C)(C)c1ccc(Cl)c(Cc2ccccc2)c1. The number of halogens is 1. The van der Waals surface area contributed by atoms with Gasteiger partial charge in [-0.1, -0.05) is 74.8 Å². The highest BCUT2D eigenvalue weighted by Gasteiger charge is 2.15. The average Bonchev–Trinajstić information content (AvgIpc) is 2.32. The second-order valence-corrected chi connectivity index (χ2v) is 6.13. The minimum Gasteiger partial charge on any atom is -0.0840 e. The molecule has 0 amide bonds. The highest BCUT2D eigenvalue weighted by molar-refractivity contribution is 6.31. The Morgan fingerprint density at radius 1 is 0.944 bits per heavy atom. The number of benzene rings is 2. The summed E-state index contributed by atoms with van der Waals surface area (Å²) < 4.78 is 0. The van der Waals surface area contributed by atoms with Gasteiger partial charge in [0.2, 0.25) is 0 Å². The van der Waals surface area contributed by atoms with Gasteiger partial charge in [0.1, 0.15) is 0 Å². The molecular formula is C17H19Cl. The Morgan fingerprint density at radius 2 is 1.61 bits per heavy atom. The van der Waals surface area contributed by atoms with Crippen LogP contribution >= 0.6 is 11.6 Å².